The van der Waals surface area contributed by atoms with Crippen LogP contribution in [0.15, 0.2) is 18.2 Å². The van der Waals surface area contributed by atoms with Crippen LogP contribution in [0.3, 0.4) is 0 Å². The first-order chi connectivity index (χ1) is 8.81. The number of hydrogen-bond donors (Lipinski definition) is 3. The molecule has 0 spiro atoms. The minimum absolute atomic E-state index is 0.511. The van der Waals surface area contributed by atoms with Gasteiger partial charge in [-0.1, -0.05) is 6.07 Å². The average molecular weight is 266 g/mol. The van der Waals surface area contributed by atoms with Crippen LogP contribution in [0.25, 0.3) is 0 Å². The molecule has 6 nitrogen and oxygen atoms in total. The summed E-state index contributed by atoms with van der Waals surface area (Å²) in [7, 11) is 0. The predicted molar refractivity (Wildman–Crippen MR) is 69.6 cm³/mol. The third-order valence-corrected chi connectivity index (χ3v) is 2.60. The number of ether oxygens (including phenoxy) is 1. The Morgan fingerprint density at radius 3 is 2.47 bits per heavy atom. The van der Waals surface area contributed by atoms with Crippen molar-refractivity contribution in [3.8, 4) is 5.75 Å². The van der Waals surface area contributed by atoms with Crippen LogP contribution in [0.5, 0.6) is 5.75 Å². The third kappa shape index (κ3) is 4.26. The Balaban J connectivity index is 2.77. The van der Waals surface area contributed by atoms with E-state index in [2.05, 4.69) is 0 Å². The highest BCUT2D eigenvalue weighted by Crippen LogP contribution is 2.23. The smallest absolute Gasteiger partial charge is 0.318 e. The Morgan fingerprint density at radius 1 is 1.37 bits per heavy atom. The second-order valence-electron chi connectivity index (χ2n) is 4.31. The van der Waals surface area contributed by atoms with Gasteiger partial charge < -0.3 is 15.6 Å². The highest BCUT2D eigenvalue weighted by molar-refractivity contribution is 5.95. The Morgan fingerprint density at radius 2 is 2.00 bits per heavy atom. The number of nitrogens with one attached hydrogen (secondary N) is 1. The number of aryl methyl sites for hydroxylation is 1. The van der Waals surface area contributed by atoms with Crippen LogP contribution in [0.1, 0.15) is 31.1 Å². The van der Waals surface area contributed by atoms with Crippen molar-refractivity contribution in [1.82, 2.24) is 5.32 Å². The molecular weight excluding hydrogens is 248 g/mol. The molecule has 0 saturated carbocycles. The molecule has 0 fully saturated rings. The number of rotatable bonds is 4. The Bertz CT molecular complexity index is 486. The number of primary amides is 1. The first kappa shape index (κ1) is 15.0. The molecule has 3 amide bonds. The molecule has 0 aromatic heterocycles. The van der Waals surface area contributed by atoms with Crippen molar-refractivity contribution in [2.75, 3.05) is 0 Å². The number of aliphatic hydroxyl groups excluding tert-OH is 1. The number of carbonyl (C=O) groups excluding carboxylic acids is 2. The molecule has 0 aliphatic carbocycles. The summed E-state index contributed by atoms with van der Waals surface area (Å²) in [4.78, 5) is 22.0. The normalized spacial score (nSPS) is 13.5. The summed E-state index contributed by atoms with van der Waals surface area (Å²) in [5, 5.41) is 11.4. The topological polar surface area (TPSA) is 102 Å². The van der Waals surface area contributed by atoms with E-state index in [-0.39, 0.29) is 0 Å². The second kappa shape index (κ2) is 6.19. The molecule has 6 heteroatoms. The van der Waals surface area contributed by atoms with E-state index in [4.69, 9.17) is 10.5 Å². The number of nitrogens with two attached hydrogens (primary N) is 1. The van der Waals surface area contributed by atoms with Gasteiger partial charge in [0.15, 0.2) is 6.10 Å². The molecule has 104 valence electrons. The summed E-state index contributed by atoms with van der Waals surface area (Å²) in [6.45, 7) is 4.98. The number of benzene rings is 1. The summed E-state index contributed by atoms with van der Waals surface area (Å²) >= 11 is 0. The highest BCUT2D eigenvalue weighted by Gasteiger charge is 2.17. The second-order valence-corrected chi connectivity index (χ2v) is 4.31. The van der Waals surface area contributed by atoms with Crippen LogP contribution in [0.4, 0.5) is 4.79 Å². The maximum absolute atomic E-state index is 11.5. The Labute approximate surface area is 111 Å². The number of carbonyl (C=O) groups is 2. The number of amides is 3. The van der Waals surface area contributed by atoms with Crippen LogP contribution in [0, 0.1) is 6.92 Å². The predicted octanol–water partition coefficient (Wildman–Crippen LogP) is 1.01. The fourth-order valence-electron chi connectivity index (χ4n) is 1.53. The minimum Gasteiger partial charge on any atom is -0.481 e. The standard InChI is InChI=1S/C13H18N2O4/c1-7-6-10(8(2)16)4-5-11(7)19-9(3)12(17)15-13(14)18/h4-6,8-9,16H,1-3H3,(H3,14,15,17,18). The van der Waals surface area contributed by atoms with Crippen molar-refractivity contribution in [2.24, 2.45) is 5.73 Å². The maximum Gasteiger partial charge on any atom is 0.318 e. The van der Waals surface area contributed by atoms with E-state index in [1.807, 2.05) is 5.32 Å². The quantitative estimate of drug-likeness (QED) is 0.756. The molecule has 0 saturated heterocycles. The molecule has 1 aromatic carbocycles. The van der Waals surface area contributed by atoms with E-state index in [1.54, 1.807) is 32.0 Å². The molecule has 4 N–H and O–H groups in total. The van der Waals surface area contributed by atoms with Gasteiger partial charge in [0.1, 0.15) is 5.75 Å². The molecule has 0 aliphatic rings. The van der Waals surface area contributed by atoms with Gasteiger partial charge in [-0.05, 0) is 44.0 Å². The number of hydrogen-bond acceptors (Lipinski definition) is 4. The number of aliphatic hydroxyl groups is 1. The molecule has 0 aliphatic heterocycles. The lowest BCUT2D eigenvalue weighted by Crippen LogP contribution is -2.42. The van der Waals surface area contributed by atoms with Crippen molar-refractivity contribution < 1.29 is 19.4 Å². The fourth-order valence-corrected chi connectivity index (χ4v) is 1.53. The monoisotopic (exact) mass is 266 g/mol. The van der Waals surface area contributed by atoms with Gasteiger partial charge in [0, 0.05) is 0 Å². The number of urea groups is 1. The van der Waals surface area contributed by atoms with E-state index < -0.39 is 24.1 Å². The zero-order valence-corrected chi connectivity index (χ0v) is 11.1. The van der Waals surface area contributed by atoms with Crippen molar-refractivity contribution >= 4 is 11.9 Å². The van der Waals surface area contributed by atoms with Crippen LogP contribution < -0.4 is 15.8 Å². The van der Waals surface area contributed by atoms with Crippen molar-refractivity contribution in [3.63, 3.8) is 0 Å². The van der Waals surface area contributed by atoms with Crippen LogP contribution in [0.2, 0.25) is 0 Å². The first-order valence-electron chi connectivity index (χ1n) is 5.87. The summed E-state index contributed by atoms with van der Waals surface area (Å²) in [6, 6.07) is 4.25. The largest absolute Gasteiger partial charge is 0.481 e. The molecule has 0 heterocycles. The van der Waals surface area contributed by atoms with Gasteiger partial charge in [-0.2, -0.15) is 0 Å². The molecule has 1 aromatic rings. The third-order valence-electron chi connectivity index (χ3n) is 2.60. The lowest BCUT2D eigenvalue weighted by molar-refractivity contribution is -0.126. The van der Waals surface area contributed by atoms with Gasteiger partial charge >= 0.3 is 6.03 Å². The maximum atomic E-state index is 11.5. The SMILES string of the molecule is Cc1cc(C(C)O)ccc1OC(C)C(=O)NC(N)=O. The molecule has 0 radical (unpaired) electrons. The van der Waals surface area contributed by atoms with Crippen LogP contribution in [-0.4, -0.2) is 23.1 Å². The lowest BCUT2D eigenvalue weighted by atomic mass is 10.1. The van der Waals surface area contributed by atoms with Crippen LogP contribution >= 0.6 is 0 Å². The van der Waals surface area contributed by atoms with Crippen molar-refractivity contribution in [1.29, 1.82) is 0 Å². The van der Waals surface area contributed by atoms with E-state index >= 15 is 0 Å². The van der Waals surface area contributed by atoms with Gasteiger partial charge in [-0.15, -0.1) is 0 Å². The molecule has 2 atom stereocenters. The lowest BCUT2D eigenvalue weighted by Gasteiger charge is -2.16. The summed E-state index contributed by atoms with van der Waals surface area (Å²) in [6.07, 6.45) is -1.41. The van der Waals surface area contributed by atoms with Crippen LogP contribution in [-0.2, 0) is 4.79 Å². The minimum atomic E-state index is -0.915. The Kier molecular flexibility index (Phi) is 4.88. The summed E-state index contributed by atoms with van der Waals surface area (Å²) in [5.74, 6) is -0.0944. The van der Waals surface area contributed by atoms with E-state index in [1.165, 1.54) is 6.92 Å². The average Bonchev–Trinajstić information content (AvgIpc) is 2.30. The molecule has 1 rings (SSSR count). The first-order valence-corrected chi connectivity index (χ1v) is 5.87. The van der Waals surface area contributed by atoms with Gasteiger partial charge in [0.2, 0.25) is 0 Å². The zero-order chi connectivity index (χ0) is 14.6. The van der Waals surface area contributed by atoms with Gasteiger partial charge in [0.25, 0.3) is 5.91 Å². The molecule has 2 unspecified atom stereocenters. The number of imide groups is 1. The Hall–Kier alpha value is -2.08. The molecule has 19 heavy (non-hydrogen) atoms. The van der Waals surface area contributed by atoms with E-state index in [0.29, 0.717) is 5.75 Å². The highest BCUT2D eigenvalue weighted by atomic mass is 16.5. The van der Waals surface area contributed by atoms with Gasteiger partial charge in [-0.3, -0.25) is 10.1 Å². The zero-order valence-electron chi connectivity index (χ0n) is 11.1. The van der Waals surface area contributed by atoms with E-state index in [0.717, 1.165) is 11.1 Å². The van der Waals surface area contributed by atoms with Gasteiger partial charge in [-0.25, -0.2) is 4.79 Å². The molecular formula is C13H18N2O4. The fraction of sp³-hybridized carbons (Fsp3) is 0.385. The summed E-state index contributed by atoms with van der Waals surface area (Å²) in [5.41, 5.74) is 6.41. The van der Waals surface area contributed by atoms with Crippen molar-refractivity contribution in [3.05, 3.63) is 29.3 Å². The van der Waals surface area contributed by atoms with E-state index in [9.17, 15) is 14.7 Å². The molecule has 0 bridgehead atoms. The summed E-state index contributed by atoms with van der Waals surface area (Å²) < 4.78 is 5.44. The van der Waals surface area contributed by atoms with Gasteiger partial charge in [0.05, 0.1) is 6.10 Å². The van der Waals surface area contributed by atoms with Crippen molar-refractivity contribution in [2.45, 2.75) is 33.0 Å².